The smallest absolute Gasteiger partial charge is 0.147 e. The van der Waals surface area contributed by atoms with Crippen molar-refractivity contribution in [2.75, 3.05) is 51.6 Å². The summed E-state index contributed by atoms with van der Waals surface area (Å²) in [5.74, 6) is 7.71. The van der Waals surface area contributed by atoms with Crippen molar-refractivity contribution in [2.24, 2.45) is 13.0 Å². The molecule has 18 rings (SSSR count). The maximum Gasteiger partial charge on any atom is 0.147 e. The van der Waals surface area contributed by atoms with Gasteiger partial charge in [0.25, 0.3) is 0 Å². The number of hydrogen-bond acceptors (Lipinski definition) is 17. The zero-order chi connectivity index (χ0) is 70.6. The third kappa shape index (κ3) is 16.5. The molecule has 4 unspecified atom stereocenters. The molecule has 0 amide bonds. The van der Waals surface area contributed by atoms with Crippen molar-refractivity contribution in [3.8, 4) is 0 Å². The molecule has 0 spiro atoms. The Kier molecular flexibility index (Phi) is 22.4. The van der Waals surface area contributed by atoms with Gasteiger partial charge in [-0.05, 0) is 219 Å². The lowest BCUT2D eigenvalue weighted by atomic mass is 10.0. The van der Waals surface area contributed by atoms with Gasteiger partial charge in [-0.2, -0.15) is 0 Å². The van der Waals surface area contributed by atoms with Gasteiger partial charge in [-0.15, -0.1) is 0 Å². The number of allylic oxidation sites excluding steroid dienone is 4. The molecular weight excluding hydrogens is 1230 g/mol. The summed E-state index contributed by atoms with van der Waals surface area (Å²) in [6.45, 7) is 17.1. The van der Waals surface area contributed by atoms with Gasteiger partial charge in [0.15, 0.2) is 0 Å². The second-order valence-electron chi connectivity index (χ2n) is 26.3. The van der Waals surface area contributed by atoms with Crippen LogP contribution in [0.1, 0.15) is 150 Å². The van der Waals surface area contributed by atoms with Gasteiger partial charge in [-0.3, -0.25) is 0 Å². The molecule has 20 nitrogen and oxygen atoms in total. The minimum atomic E-state index is 0.496. The van der Waals surface area contributed by atoms with E-state index in [4.69, 9.17) is 51.6 Å². The lowest BCUT2D eigenvalue weighted by molar-refractivity contribution is 0.628. The van der Waals surface area contributed by atoms with Crippen LogP contribution in [0, 0.1) is 19.8 Å². The minimum Gasteiger partial charge on any atom is -0.398 e. The molecule has 20 N–H and O–H groups in total. The summed E-state index contributed by atoms with van der Waals surface area (Å²) < 4.78 is 2.02. The molecule has 6 aliphatic carbocycles. The zero-order valence-electron chi connectivity index (χ0n) is 58.3. The van der Waals surface area contributed by atoms with Crippen LogP contribution in [0.3, 0.4) is 0 Å². The molecule has 510 valence electrons. The molecule has 0 radical (unpaired) electrons. The van der Waals surface area contributed by atoms with Crippen molar-refractivity contribution in [3.05, 3.63) is 237 Å². The van der Waals surface area contributed by atoms with Crippen molar-refractivity contribution in [3.63, 3.8) is 0 Å². The van der Waals surface area contributed by atoms with Crippen LogP contribution in [-0.2, 0) is 45.6 Å². The standard InChI is InChI=1S/C10H13N.C9H10N2.C9H12N2.C9H10N2.C9H12N2.C9H10N2.3C8H9N3/c1-7-5-8-3-2-4-10(11)9(8)6-7;1-6-4-7-2-3-11-9(10)8(7)5-6;2*1-6-2-3-8-7(6)4-5-11-9(8)10;2*1-6-2-3-7-4-5-11-9(10)8(6)7;1-11-5-3-6-7(11)2-4-10-8(6)9;2*1-5-4-11-7-6(5)2-3-10-8(7)9/h2-4,7H,5-6,11H2,1H3;2-3,5H,4H2,1H3,(H2,10,11);4-6H,2-3H2,1H3,(H2,10,11);2-6H,1H3,(H2,10,11);4-6H,2-3H2,1H3,(H2,10,11);2,4-5H,3H2,1H3,(H2,10,11);2-5H,1H3,(H2,9,10);2*2-4,11H,1H3,(H2,9,10). The molecule has 0 bridgehead atoms. The Labute approximate surface area is 579 Å². The van der Waals surface area contributed by atoms with Crippen molar-refractivity contribution in [2.45, 2.75) is 125 Å². The topological polar surface area (TPSA) is 374 Å². The predicted octanol–water partition coefficient (Wildman–Crippen LogP) is 14.5. The van der Waals surface area contributed by atoms with Crippen LogP contribution in [0.5, 0.6) is 0 Å². The SMILES string of the molecule is CC1=CCc2ccnc(N)c21.CC1=Cc2c(ccnc2N)C1.CC1C=Cc2c1ccnc2N.CC1CCc2c1ccnc2N.CC1CCc2ccnc(N)c21.CC1Cc2cccc(N)c2C1.Cc1c[nH]c2c(N)nccc12.Cc1c[nH]c2c(N)nccc12.Cn1ccc2c(N)nccc21. The van der Waals surface area contributed by atoms with Gasteiger partial charge in [0.1, 0.15) is 46.5 Å². The van der Waals surface area contributed by atoms with E-state index in [2.05, 4.69) is 128 Å². The minimum absolute atomic E-state index is 0.496. The van der Waals surface area contributed by atoms with E-state index in [-0.39, 0.29) is 0 Å². The highest BCUT2D eigenvalue weighted by atomic mass is 14.9. The molecule has 12 aromatic rings. The summed E-state index contributed by atoms with van der Waals surface area (Å²) in [6, 6.07) is 24.3. The number of rotatable bonds is 0. The fourth-order valence-corrected chi connectivity index (χ4v) is 13.5. The lowest BCUT2D eigenvalue weighted by Crippen LogP contribution is -1.98. The summed E-state index contributed by atoms with van der Waals surface area (Å²) >= 11 is 0. The van der Waals surface area contributed by atoms with Crippen LogP contribution in [0.25, 0.3) is 50.4 Å². The number of pyridine rings is 8. The van der Waals surface area contributed by atoms with E-state index in [0.29, 0.717) is 52.7 Å². The Balaban J connectivity index is 0.000000120. The summed E-state index contributed by atoms with van der Waals surface area (Å²) in [4.78, 5) is 38.3. The monoisotopic (exact) mass is 1320 g/mol. The first-order valence-electron chi connectivity index (χ1n) is 33.6. The highest BCUT2D eigenvalue weighted by molar-refractivity contribution is 5.91. The molecule has 0 aliphatic heterocycles. The van der Waals surface area contributed by atoms with E-state index in [1.165, 1.54) is 104 Å². The van der Waals surface area contributed by atoms with Crippen LogP contribution >= 0.6 is 0 Å². The van der Waals surface area contributed by atoms with Crippen molar-refractivity contribution in [1.82, 2.24) is 54.4 Å². The van der Waals surface area contributed by atoms with E-state index in [9.17, 15) is 0 Å². The van der Waals surface area contributed by atoms with E-state index in [1.54, 1.807) is 49.6 Å². The third-order valence-electron chi connectivity index (χ3n) is 19.0. The van der Waals surface area contributed by atoms with E-state index in [1.807, 2.05) is 105 Å². The van der Waals surface area contributed by atoms with Gasteiger partial charge in [0.05, 0.1) is 16.6 Å². The molecule has 11 heterocycles. The number of anilines is 9. The summed E-state index contributed by atoms with van der Waals surface area (Å²) in [7, 11) is 1.99. The average Bonchev–Trinajstić information content (AvgIpc) is 1.73. The number of nitrogen functional groups attached to an aromatic ring is 9. The fourth-order valence-electron chi connectivity index (χ4n) is 13.5. The Hall–Kier alpha value is -11.5. The van der Waals surface area contributed by atoms with Crippen molar-refractivity contribution >= 4 is 103 Å². The third-order valence-corrected chi connectivity index (χ3v) is 19.0. The number of benzene rings is 1. The average molecular weight is 1320 g/mol. The van der Waals surface area contributed by atoms with Crippen molar-refractivity contribution in [1.29, 1.82) is 0 Å². The second-order valence-corrected chi connectivity index (χ2v) is 26.3. The van der Waals surface area contributed by atoms with E-state index < -0.39 is 0 Å². The normalized spacial score (nSPS) is 16.3. The van der Waals surface area contributed by atoms with Gasteiger partial charge < -0.3 is 66.1 Å². The number of H-pyrrole nitrogens is 2. The highest BCUT2D eigenvalue weighted by Crippen LogP contribution is 2.37. The van der Waals surface area contributed by atoms with Crippen LogP contribution in [0.2, 0.25) is 0 Å². The first-order valence-corrected chi connectivity index (χ1v) is 33.6. The van der Waals surface area contributed by atoms with E-state index >= 15 is 0 Å². The van der Waals surface area contributed by atoms with Gasteiger partial charge >= 0.3 is 0 Å². The van der Waals surface area contributed by atoms with Gasteiger partial charge in [0, 0.05) is 125 Å². The highest BCUT2D eigenvalue weighted by Gasteiger charge is 2.23. The van der Waals surface area contributed by atoms with E-state index in [0.717, 1.165) is 91.9 Å². The molecule has 6 aliphatic rings. The number of nitrogens with two attached hydrogens (primary N) is 9. The summed E-state index contributed by atoms with van der Waals surface area (Å²) in [6.07, 6.45) is 37.5. The number of hydrogen-bond donors (Lipinski definition) is 11. The molecule has 0 fully saturated rings. The van der Waals surface area contributed by atoms with Crippen LogP contribution in [0.4, 0.5) is 52.2 Å². The Morgan fingerprint density at radius 1 is 0.475 bits per heavy atom. The molecule has 99 heavy (non-hydrogen) atoms. The molecule has 0 saturated carbocycles. The lowest BCUT2D eigenvalue weighted by Gasteiger charge is -2.05. The zero-order valence-corrected chi connectivity index (χ0v) is 58.3. The van der Waals surface area contributed by atoms with Gasteiger partial charge in [-0.1, -0.05) is 69.7 Å². The Bertz CT molecular complexity index is 4710. The fraction of sp³-hybridized carbons (Fsp3) is 0.266. The first kappa shape index (κ1) is 70.3. The molecular formula is C79H94N20. The predicted molar refractivity (Wildman–Crippen MR) is 412 cm³/mol. The molecule has 11 aromatic heterocycles. The largest absolute Gasteiger partial charge is 0.398 e. The first-order chi connectivity index (χ1) is 47.6. The quantitative estimate of drug-likeness (QED) is 0.0628. The number of nitrogens with one attached hydrogen (secondary N) is 2. The van der Waals surface area contributed by atoms with Crippen LogP contribution in [0.15, 0.2) is 159 Å². The van der Waals surface area contributed by atoms with Gasteiger partial charge in [0.2, 0.25) is 0 Å². The maximum atomic E-state index is 5.83. The Morgan fingerprint density at radius 3 is 1.64 bits per heavy atom. The van der Waals surface area contributed by atoms with Crippen molar-refractivity contribution < 1.29 is 0 Å². The summed E-state index contributed by atoms with van der Waals surface area (Å²) in [5, 5.41) is 3.32. The number of nitrogens with zero attached hydrogens (tertiary/aromatic N) is 9. The molecule has 4 atom stereocenters. The van der Waals surface area contributed by atoms with Crippen LogP contribution in [-0.4, -0.2) is 54.4 Å². The number of fused-ring (bicyclic) bond motifs is 9. The van der Waals surface area contributed by atoms with Gasteiger partial charge in [-0.25, -0.2) is 39.9 Å². The number of aryl methyl sites for hydroxylation is 4. The number of aromatic nitrogens is 11. The second kappa shape index (κ2) is 31.6. The number of aromatic amines is 2. The molecule has 20 heteroatoms. The maximum absolute atomic E-state index is 5.83. The van der Waals surface area contributed by atoms with Crippen LogP contribution < -0.4 is 51.6 Å². The molecule has 0 saturated heterocycles. The summed E-state index contributed by atoms with van der Waals surface area (Å²) in [5.41, 5.74) is 75.7. The Morgan fingerprint density at radius 2 is 1.03 bits per heavy atom. The molecule has 1 aromatic carbocycles.